The summed E-state index contributed by atoms with van der Waals surface area (Å²) >= 11 is 6.12. The predicted molar refractivity (Wildman–Crippen MR) is 141 cm³/mol. The molecule has 0 spiro atoms. The Kier molecular flexibility index (Phi) is 7.08. The van der Waals surface area contributed by atoms with Gasteiger partial charge in [-0.25, -0.2) is 13.4 Å². The molecule has 2 heterocycles. The van der Waals surface area contributed by atoms with Gasteiger partial charge in [0.15, 0.2) is 0 Å². The van der Waals surface area contributed by atoms with Crippen LogP contribution in [-0.4, -0.2) is 53.0 Å². The van der Waals surface area contributed by atoms with Gasteiger partial charge in [0, 0.05) is 23.2 Å². The fourth-order valence-electron chi connectivity index (χ4n) is 4.91. The standard InChI is InChI=1S/C27H28ClN3O5S/c28-23-11-8-20(15-19(23)16-32)27(12-13-27)26(34)30-25-5-1-4-24(29-25)18-6-9-22(10-7-18)37(35,36)31-14-2-3-21(31)17-33/h1,4-11,15,21,32-33H,2-3,12-14,16-17H2,(H,29,30,34)/t21-/m1/s1. The van der Waals surface area contributed by atoms with E-state index in [1.807, 2.05) is 6.07 Å². The SMILES string of the molecule is O=C(Nc1cccc(-c2ccc(S(=O)(=O)N3CCC[C@@H]3CO)cc2)n1)C1(c2ccc(Cl)c(CO)c2)CC1. The van der Waals surface area contributed by atoms with E-state index in [1.165, 1.54) is 4.31 Å². The average molecular weight is 542 g/mol. The highest BCUT2D eigenvalue weighted by molar-refractivity contribution is 7.89. The van der Waals surface area contributed by atoms with Crippen LogP contribution in [0.25, 0.3) is 11.3 Å². The van der Waals surface area contributed by atoms with E-state index >= 15 is 0 Å². The van der Waals surface area contributed by atoms with Crippen molar-refractivity contribution in [1.29, 1.82) is 0 Å². The Hall–Kier alpha value is -2.82. The molecule has 3 N–H and O–H groups in total. The molecule has 1 atom stereocenters. The van der Waals surface area contributed by atoms with E-state index in [4.69, 9.17) is 11.6 Å². The molecule has 0 bridgehead atoms. The number of aromatic nitrogens is 1. The third-order valence-corrected chi connectivity index (χ3v) is 9.57. The number of pyridine rings is 1. The Labute approximate surface area is 221 Å². The second-order valence-corrected chi connectivity index (χ2v) is 11.8. The molecule has 1 saturated heterocycles. The van der Waals surface area contributed by atoms with Crippen LogP contribution in [0.5, 0.6) is 0 Å². The summed E-state index contributed by atoms with van der Waals surface area (Å²) in [6, 6.07) is 16.7. The topological polar surface area (TPSA) is 120 Å². The third-order valence-electron chi connectivity index (χ3n) is 7.23. The van der Waals surface area contributed by atoms with Crippen LogP contribution in [0.1, 0.15) is 36.8 Å². The molecule has 10 heteroatoms. The zero-order chi connectivity index (χ0) is 26.2. The first-order valence-electron chi connectivity index (χ1n) is 12.2. The van der Waals surface area contributed by atoms with Crippen molar-refractivity contribution in [2.45, 2.75) is 48.6 Å². The normalized spacial score (nSPS) is 19.1. The van der Waals surface area contributed by atoms with Crippen molar-refractivity contribution in [2.24, 2.45) is 0 Å². The fourth-order valence-corrected chi connectivity index (χ4v) is 6.77. The predicted octanol–water partition coefficient (Wildman–Crippen LogP) is 3.71. The minimum Gasteiger partial charge on any atom is -0.395 e. The lowest BCUT2D eigenvalue weighted by Crippen LogP contribution is -2.37. The zero-order valence-electron chi connectivity index (χ0n) is 20.1. The molecule has 0 radical (unpaired) electrons. The number of benzene rings is 2. The Bertz CT molecular complexity index is 1420. The van der Waals surface area contributed by atoms with Gasteiger partial charge in [0.25, 0.3) is 0 Å². The number of carbonyl (C=O) groups excluding carboxylic acids is 1. The van der Waals surface area contributed by atoms with Gasteiger partial charge in [-0.15, -0.1) is 0 Å². The number of aliphatic hydroxyl groups excluding tert-OH is 2. The van der Waals surface area contributed by atoms with Crippen LogP contribution < -0.4 is 5.32 Å². The fraction of sp³-hybridized carbons (Fsp3) is 0.333. The quantitative estimate of drug-likeness (QED) is 0.400. The van der Waals surface area contributed by atoms with Gasteiger partial charge in [-0.2, -0.15) is 4.31 Å². The maximum Gasteiger partial charge on any atom is 0.243 e. The first-order chi connectivity index (χ1) is 17.8. The van der Waals surface area contributed by atoms with E-state index < -0.39 is 15.4 Å². The van der Waals surface area contributed by atoms with Crippen LogP contribution in [0.2, 0.25) is 5.02 Å². The number of halogens is 1. The molecular formula is C27H28ClN3O5S. The summed E-state index contributed by atoms with van der Waals surface area (Å²) in [5.41, 5.74) is 2.02. The highest BCUT2D eigenvalue weighted by Gasteiger charge is 2.51. The molecule has 1 amide bonds. The summed E-state index contributed by atoms with van der Waals surface area (Å²) in [4.78, 5) is 18.0. The monoisotopic (exact) mass is 541 g/mol. The van der Waals surface area contributed by atoms with Crippen LogP contribution in [0.4, 0.5) is 5.82 Å². The largest absolute Gasteiger partial charge is 0.395 e. The molecule has 3 aromatic rings. The molecule has 1 aliphatic carbocycles. The van der Waals surface area contributed by atoms with Crippen LogP contribution in [0, 0.1) is 0 Å². The van der Waals surface area contributed by atoms with Crippen LogP contribution in [0.3, 0.4) is 0 Å². The van der Waals surface area contributed by atoms with E-state index in [1.54, 1.807) is 54.6 Å². The van der Waals surface area contributed by atoms with E-state index in [2.05, 4.69) is 10.3 Å². The summed E-state index contributed by atoms with van der Waals surface area (Å²) in [5, 5.41) is 22.4. The van der Waals surface area contributed by atoms with Crippen molar-refractivity contribution in [3.8, 4) is 11.3 Å². The van der Waals surface area contributed by atoms with Gasteiger partial charge >= 0.3 is 0 Å². The molecule has 0 unspecified atom stereocenters. The van der Waals surface area contributed by atoms with Gasteiger partial charge < -0.3 is 15.5 Å². The summed E-state index contributed by atoms with van der Waals surface area (Å²) in [7, 11) is -3.69. The number of hydrogen-bond donors (Lipinski definition) is 3. The van der Waals surface area contributed by atoms with Crippen molar-refractivity contribution in [3.05, 3.63) is 76.8 Å². The number of nitrogens with zero attached hydrogens (tertiary/aromatic N) is 2. The lowest BCUT2D eigenvalue weighted by atomic mass is 9.93. The highest BCUT2D eigenvalue weighted by atomic mass is 35.5. The summed E-state index contributed by atoms with van der Waals surface area (Å²) in [6.45, 7) is 0.00714. The van der Waals surface area contributed by atoms with Gasteiger partial charge in [-0.3, -0.25) is 4.79 Å². The minimum atomic E-state index is -3.69. The van der Waals surface area contributed by atoms with Gasteiger partial charge in [-0.1, -0.05) is 41.9 Å². The number of carbonyl (C=O) groups is 1. The molecule has 2 aromatic carbocycles. The van der Waals surface area contributed by atoms with E-state index in [0.717, 1.165) is 12.0 Å². The third kappa shape index (κ3) is 4.89. The van der Waals surface area contributed by atoms with Gasteiger partial charge in [0.05, 0.1) is 29.2 Å². The Morgan fingerprint density at radius 2 is 1.86 bits per heavy atom. The molecule has 1 saturated carbocycles. The number of hydrogen-bond acceptors (Lipinski definition) is 6. The first-order valence-corrected chi connectivity index (χ1v) is 14.0. The number of aliphatic hydroxyl groups is 2. The number of sulfonamides is 1. The molecule has 1 aromatic heterocycles. The van der Waals surface area contributed by atoms with Crippen molar-refractivity contribution in [2.75, 3.05) is 18.5 Å². The molecular weight excluding hydrogens is 514 g/mol. The smallest absolute Gasteiger partial charge is 0.243 e. The van der Waals surface area contributed by atoms with Crippen molar-refractivity contribution >= 4 is 33.3 Å². The van der Waals surface area contributed by atoms with E-state index in [9.17, 15) is 23.4 Å². The maximum atomic E-state index is 13.2. The van der Waals surface area contributed by atoms with Crippen LogP contribution in [0.15, 0.2) is 65.6 Å². The number of rotatable bonds is 8. The van der Waals surface area contributed by atoms with Crippen molar-refractivity contribution in [3.63, 3.8) is 0 Å². The maximum absolute atomic E-state index is 13.2. The second-order valence-electron chi connectivity index (χ2n) is 9.53. The molecule has 2 aliphatic rings. The first kappa shape index (κ1) is 25.8. The number of nitrogens with one attached hydrogen (secondary N) is 1. The number of amides is 1. The number of anilines is 1. The van der Waals surface area contributed by atoms with E-state index in [-0.39, 0.29) is 30.1 Å². The molecule has 2 fully saturated rings. The Balaban J connectivity index is 1.33. The zero-order valence-corrected chi connectivity index (χ0v) is 21.7. The van der Waals surface area contributed by atoms with Gasteiger partial charge in [0.2, 0.25) is 15.9 Å². The summed E-state index contributed by atoms with van der Waals surface area (Å²) < 4.78 is 27.4. The van der Waals surface area contributed by atoms with E-state index in [0.29, 0.717) is 53.5 Å². The molecule has 194 valence electrons. The lowest BCUT2D eigenvalue weighted by molar-refractivity contribution is -0.118. The van der Waals surface area contributed by atoms with Gasteiger partial charge in [0.1, 0.15) is 5.82 Å². The Morgan fingerprint density at radius 1 is 1.11 bits per heavy atom. The van der Waals surface area contributed by atoms with Crippen LogP contribution in [-0.2, 0) is 26.8 Å². The molecule has 37 heavy (non-hydrogen) atoms. The minimum absolute atomic E-state index is 0.168. The molecule has 1 aliphatic heterocycles. The molecule has 5 rings (SSSR count). The summed E-state index contributed by atoms with van der Waals surface area (Å²) in [6.07, 6.45) is 2.76. The lowest BCUT2D eigenvalue weighted by Gasteiger charge is -2.22. The Morgan fingerprint density at radius 3 is 2.54 bits per heavy atom. The molecule has 8 nitrogen and oxygen atoms in total. The summed E-state index contributed by atoms with van der Waals surface area (Å²) in [5.74, 6) is 0.221. The average Bonchev–Trinajstić information content (AvgIpc) is 3.58. The van der Waals surface area contributed by atoms with Crippen molar-refractivity contribution < 1.29 is 23.4 Å². The van der Waals surface area contributed by atoms with Crippen molar-refractivity contribution in [1.82, 2.24) is 9.29 Å². The highest BCUT2D eigenvalue weighted by Crippen LogP contribution is 2.49. The second kappa shape index (κ2) is 10.2. The van der Waals surface area contributed by atoms with Crippen LogP contribution >= 0.6 is 11.6 Å². The van der Waals surface area contributed by atoms with Gasteiger partial charge in [-0.05, 0) is 67.1 Å².